The average Bonchev–Trinajstić information content (AvgIpc) is 1.82. The van der Waals surface area contributed by atoms with E-state index in [1.54, 1.807) is 18.3 Å². The van der Waals surface area contributed by atoms with Crippen molar-refractivity contribution in [1.82, 2.24) is 40.3 Å². The number of aromatic nitrogens is 3. The van der Waals surface area contributed by atoms with E-state index in [-0.39, 0.29) is 36.1 Å². The molecule has 0 spiro atoms. The third-order valence-corrected chi connectivity index (χ3v) is 18.9. The summed E-state index contributed by atoms with van der Waals surface area (Å²) in [6.07, 6.45) is 7.26. The number of ether oxygens (including phenoxy) is 5. The van der Waals surface area contributed by atoms with Crippen LogP contribution in [-0.4, -0.2) is 183 Å². The molecule has 4 fully saturated rings. The zero-order chi connectivity index (χ0) is 59.5. The number of thiazole rings is 1. The second kappa shape index (κ2) is 28.5. The molecule has 0 unspecified atom stereocenters. The van der Waals surface area contributed by atoms with Crippen molar-refractivity contribution in [3.8, 4) is 29.1 Å². The van der Waals surface area contributed by atoms with Crippen LogP contribution in [0.1, 0.15) is 87.0 Å². The minimum atomic E-state index is -1.20. The quantitative estimate of drug-likeness (QED) is 0.0484. The number of benzene rings is 4. The molecule has 1 saturated carbocycles. The van der Waals surface area contributed by atoms with Gasteiger partial charge in [-0.1, -0.05) is 79.9 Å². The van der Waals surface area contributed by atoms with Crippen molar-refractivity contribution in [3.05, 3.63) is 101 Å². The zero-order valence-corrected chi connectivity index (χ0v) is 50.6. The van der Waals surface area contributed by atoms with Gasteiger partial charge >= 0.3 is 12.1 Å². The number of likely N-dealkylation sites (N-methyl/N-ethyl adjacent to an activating group) is 2. The van der Waals surface area contributed by atoms with Gasteiger partial charge in [-0.2, -0.15) is 15.2 Å². The van der Waals surface area contributed by atoms with Gasteiger partial charge in [-0.25, -0.2) is 9.78 Å². The second-order valence-corrected chi connectivity index (χ2v) is 24.4. The van der Waals surface area contributed by atoms with Gasteiger partial charge in [-0.3, -0.25) is 19.4 Å². The smallest absolute Gasteiger partial charge is 0.407 e. The highest BCUT2D eigenvalue weighted by atomic mass is 32.1. The molecular weight excluding hydrogens is 1110 g/mol. The first-order chi connectivity index (χ1) is 42.0. The minimum absolute atomic E-state index is 0.0139. The van der Waals surface area contributed by atoms with Gasteiger partial charge in [0.25, 0.3) is 0 Å². The number of anilines is 2. The van der Waals surface area contributed by atoms with E-state index in [4.69, 9.17) is 38.6 Å². The molecule has 1 aliphatic carbocycles. The summed E-state index contributed by atoms with van der Waals surface area (Å²) in [6.45, 7) is 9.66. The standard InChI is InChI=1S/C65H81N11O9S/c1-43(73(3)65(79)80)61(77)70-59(45-14-5-4-6-15-45)63(78)76-28-12-21-57(76)62-68-55(42-86-62)51-22-23-58(52-19-10-9-18-50(51)52)84-36-34-82-32-31-81-33-35-83-48-37-47(72(2)39-48)41-85-64-69-54-40-74(56-20-11-16-44-13-7-8-17-49(44)56)29-25-53(54)60(71-64)75-30-27-67-46(38-75)24-26-66/h7-11,13,16-20,22-23,42-43,45-48,57,59,67H,4-6,12,14-15,21,24-25,27-41H2,1-3H3,(H,70,77)(H,79,80)/t43-,46-,47-,48+,57-,59-/m0/s1. The van der Waals surface area contributed by atoms with Crippen LogP contribution in [0.5, 0.6) is 11.8 Å². The Labute approximate surface area is 507 Å². The Kier molecular flexibility index (Phi) is 20.1. The predicted octanol–water partition coefficient (Wildman–Crippen LogP) is 8.47. The first-order valence-corrected chi connectivity index (χ1v) is 31.6. The third kappa shape index (κ3) is 14.1. The lowest BCUT2D eigenvalue weighted by molar-refractivity contribution is -0.140. The normalized spacial score (nSPS) is 20.8. The van der Waals surface area contributed by atoms with Crippen molar-refractivity contribution in [3.63, 3.8) is 0 Å². The summed E-state index contributed by atoms with van der Waals surface area (Å²) < 4.78 is 30.9. The van der Waals surface area contributed by atoms with E-state index in [1.165, 1.54) is 23.5 Å². The average molecular weight is 1190 g/mol. The van der Waals surface area contributed by atoms with Crippen molar-refractivity contribution in [2.75, 3.05) is 109 Å². The minimum Gasteiger partial charge on any atom is -0.491 e. The summed E-state index contributed by atoms with van der Waals surface area (Å²) in [7, 11) is 3.47. The fourth-order valence-electron chi connectivity index (χ4n) is 13.1. The Morgan fingerprint density at radius 2 is 1.60 bits per heavy atom. The van der Waals surface area contributed by atoms with Crippen molar-refractivity contribution >= 4 is 62.3 Å². The molecule has 6 atom stereocenters. The van der Waals surface area contributed by atoms with Crippen LogP contribution in [0, 0.1) is 17.2 Å². The van der Waals surface area contributed by atoms with E-state index in [0.717, 1.165) is 139 Å². The Morgan fingerprint density at radius 3 is 2.42 bits per heavy atom. The zero-order valence-electron chi connectivity index (χ0n) is 49.7. The number of likely N-dealkylation sites (tertiary alicyclic amines) is 2. The van der Waals surface area contributed by atoms with Crippen LogP contribution < -0.4 is 29.9 Å². The second-order valence-electron chi connectivity index (χ2n) is 23.5. The molecular formula is C65H81N11O9S. The molecule has 456 valence electrons. The number of nitriles is 1. The van der Waals surface area contributed by atoms with Crippen LogP contribution in [0.25, 0.3) is 32.8 Å². The summed E-state index contributed by atoms with van der Waals surface area (Å²) in [4.78, 5) is 64.8. The predicted molar refractivity (Wildman–Crippen MR) is 331 cm³/mol. The summed E-state index contributed by atoms with van der Waals surface area (Å²) in [5, 5.41) is 32.8. The van der Waals surface area contributed by atoms with Crippen molar-refractivity contribution in [1.29, 1.82) is 5.26 Å². The monoisotopic (exact) mass is 1190 g/mol. The van der Waals surface area contributed by atoms with Gasteiger partial charge in [0.05, 0.1) is 75.6 Å². The van der Waals surface area contributed by atoms with E-state index in [0.29, 0.717) is 78.3 Å². The SMILES string of the molecule is C[C@@H](C(=O)N[C@H](C(=O)N1CCC[C@H]1c1nc(-c2ccc(OCCOCCOCCO[C@@H]3C[C@@H](COc4nc5c(c(N6CCN[C@@H](CC#N)C6)n4)CCN(c4cccc6ccccc46)C5)N(C)C3)c3ccccc23)cs1)C1CCCCC1)N(C)C(=O)O. The number of nitrogens with zero attached hydrogens (tertiary/aromatic N) is 9. The van der Waals surface area contributed by atoms with Crippen LogP contribution in [0.4, 0.5) is 16.3 Å². The highest BCUT2D eigenvalue weighted by Crippen LogP contribution is 2.41. The summed E-state index contributed by atoms with van der Waals surface area (Å²) in [5.41, 5.74) is 5.14. The number of amides is 3. The van der Waals surface area contributed by atoms with Gasteiger partial charge < -0.3 is 54.1 Å². The number of nitrogens with one attached hydrogen (secondary N) is 2. The molecule has 21 heteroatoms. The molecule has 3 N–H and O–H groups in total. The number of carbonyl (C=O) groups excluding carboxylic acids is 2. The van der Waals surface area contributed by atoms with Gasteiger partial charge in [-0.15, -0.1) is 11.3 Å². The highest BCUT2D eigenvalue weighted by molar-refractivity contribution is 7.10. The first-order valence-electron chi connectivity index (χ1n) is 30.8. The van der Waals surface area contributed by atoms with Gasteiger partial charge in [0.2, 0.25) is 11.8 Å². The maximum Gasteiger partial charge on any atom is 0.407 e. The molecule has 86 heavy (non-hydrogen) atoms. The Morgan fingerprint density at radius 1 is 0.837 bits per heavy atom. The number of carboxylic acid groups (broad SMARTS) is 1. The van der Waals surface area contributed by atoms with E-state index >= 15 is 0 Å². The van der Waals surface area contributed by atoms with Crippen molar-refractivity contribution in [2.45, 2.75) is 114 Å². The molecule has 4 aromatic carbocycles. The number of hydrogen-bond acceptors (Lipinski definition) is 17. The molecule has 4 aliphatic heterocycles. The maximum absolute atomic E-state index is 14.5. The third-order valence-electron chi connectivity index (χ3n) is 18.0. The van der Waals surface area contributed by atoms with E-state index in [1.807, 2.05) is 35.2 Å². The lowest BCUT2D eigenvalue weighted by Gasteiger charge is -2.37. The van der Waals surface area contributed by atoms with Crippen LogP contribution >= 0.6 is 11.3 Å². The number of rotatable bonds is 24. The van der Waals surface area contributed by atoms with Gasteiger partial charge in [0.1, 0.15) is 41.9 Å². The lowest BCUT2D eigenvalue weighted by Crippen LogP contribution is -2.56. The fraction of sp³-hybridized carbons (Fsp3) is 0.523. The molecule has 0 bridgehead atoms. The lowest BCUT2D eigenvalue weighted by atomic mass is 9.83. The van der Waals surface area contributed by atoms with Gasteiger partial charge in [0.15, 0.2) is 0 Å². The molecule has 2 aromatic heterocycles. The Hall–Kier alpha value is -7.19. The molecule has 3 saturated heterocycles. The summed E-state index contributed by atoms with van der Waals surface area (Å²) >= 11 is 1.54. The molecule has 3 amide bonds. The molecule has 11 rings (SSSR count). The van der Waals surface area contributed by atoms with Gasteiger partial charge in [0, 0.05) is 91.4 Å². The van der Waals surface area contributed by atoms with Crippen molar-refractivity contribution < 1.29 is 43.2 Å². The van der Waals surface area contributed by atoms with Crippen molar-refractivity contribution in [2.24, 2.45) is 5.92 Å². The largest absolute Gasteiger partial charge is 0.491 e. The molecule has 20 nitrogen and oxygen atoms in total. The molecule has 6 heterocycles. The van der Waals surface area contributed by atoms with Crippen LogP contribution in [0.15, 0.2) is 84.2 Å². The number of fused-ring (bicyclic) bond motifs is 3. The molecule has 5 aliphatic rings. The van der Waals surface area contributed by atoms with E-state index in [2.05, 4.69) is 92.4 Å². The number of hydrogen-bond donors (Lipinski definition) is 3. The number of piperazine rings is 1. The summed E-state index contributed by atoms with van der Waals surface area (Å²) in [6, 6.07) is 28.2. The van der Waals surface area contributed by atoms with Crippen LogP contribution in [-0.2, 0) is 36.8 Å². The summed E-state index contributed by atoms with van der Waals surface area (Å²) in [5.74, 6) is 1.07. The topological polar surface area (TPSA) is 220 Å². The molecule has 6 aromatic rings. The molecule has 0 radical (unpaired) electrons. The Balaban J connectivity index is 0.620. The van der Waals surface area contributed by atoms with E-state index in [9.17, 15) is 24.8 Å². The number of carbonyl (C=O) groups is 3. The Bertz CT molecular complexity index is 3350. The maximum atomic E-state index is 14.5. The first kappa shape index (κ1) is 60.5. The van der Waals surface area contributed by atoms with Gasteiger partial charge in [-0.05, 0) is 87.4 Å². The fourth-order valence-corrected chi connectivity index (χ4v) is 14.1. The van der Waals surface area contributed by atoms with Crippen LogP contribution in [0.2, 0.25) is 0 Å². The highest BCUT2D eigenvalue weighted by Gasteiger charge is 2.41. The van der Waals surface area contributed by atoms with Crippen LogP contribution in [0.3, 0.4) is 0 Å². The van der Waals surface area contributed by atoms with E-state index < -0.39 is 24.1 Å².